The highest BCUT2D eigenvalue weighted by Crippen LogP contribution is 2.22. The van der Waals surface area contributed by atoms with Crippen LogP contribution in [0.25, 0.3) is 10.9 Å². The van der Waals surface area contributed by atoms with E-state index in [1.165, 1.54) is 23.9 Å². The van der Waals surface area contributed by atoms with Gasteiger partial charge in [0.1, 0.15) is 0 Å². The quantitative estimate of drug-likeness (QED) is 0.716. The molecule has 0 saturated carbocycles. The fourth-order valence-electron chi connectivity index (χ4n) is 2.29. The Bertz CT molecular complexity index is 471. The molecule has 16 heavy (non-hydrogen) atoms. The molecular formula is C12H16N4. The number of aromatic nitrogens is 2. The van der Waals surface area contributed by atoms with Crippen LogP contribution in [-0.2, 0) is 0 Å². The van der Waals surface area contributed by atoms with Crippen molar-refractivity contribution in [2.24, 2.45) is 0 Å². The van der Waals surface area contributed by atoms with Crippen LogP contribution in [0.3, 0.4) is 0 Å². The van der Waals surface area contributed by atoms with E-state index < -0.39 is 0 Å². The van der Waals surface area contributed by atoms with E-state index in [1.54, 1.807) is 0 Å². The Morgan fingerprint density at radius 3 is 3.25 bits per heavy atom. The zero-order chi connectivity index (χ0) is 10.8. The number of H-pyrrole nitrogens is 1. The van der Waals surface area contributed by atoms with Crippen LogP contribution in [0.5, 0.6) is 0 Å². The van der Waals surface area contributed by atoms with Gasteiger partial charge >= 0.3 is 0 Å². The van der Waals surface area contributed by atoms with Gasteiger partial charge in [0.25, 0.3) is 0 Å². The lowest BCUT2D eigenvalue weighted by atomic mass is 10.1. The molecule has 4 heteroatoms. The minimum atomic E-state index is 0.536. The van der Waals surface area contributed by atoms with Crippen molar-refractivity contribution in [2.75, 3.05) is 18.4 Å². The summed E-state index contributed by atoms with van der Waals surface area (Å²) in [5, 5.41) is 15.2. The van der Waals surface area contributed by atoms with E-state index in [2.05, 4.69) is 33.0 Å². The van der Waals surface area contributed by atoms with Gasteiger partial charge in [0.2, 0.25) is 0 Å². The Balaban J connectivity index is 1.85. The van der Waals surface area contributed by atoms with E-state index in [9.17, 15) is 0 Å². The van der Waals surface area contributed by atoms with Crippen molar-refractivity contribution in [3.63, 3.8) is 0 Å². The monoisotopic (exact) mass is 216 g/mol. The molecule has 2 aromatic rings. The van der Waals surface area contributed by atoms with E-state index >= 15 is 0 Å². The average molecular weight is 216 g/mol. The molecule has 1 unspecified atom stereocenters. The maximum absolute atomic E-state index is 4.07. The van der Waals surface area contributed by atoms with E-state index in [1.807, 2.05) is 12.3 Å². The minimum absolute atomic E-state index is 0.536. The standard InChI is InChI=1S/C12H16N4/c1-4-11(10-8-14-16-12(10)5-1)15-9-3-2-6-13-7-9/h1,4-5,8-9,13,15H,2-3,6-7H2,(H,14,16). The number of anilines is 1. The first-order chi connectivity index (χ1) is 7.93. The summed E-state index contributed by atoms with van der Waals surface area (Å²) in [6.45, 7) is 2.20. The van der Waals surface area contributed by atoms with Crippen LogP contribution in [0, 0.1) is 0 Å². The van der Waals surface area contributed by atoms with Crippen LogP contribution >= 0.6 is 0 Å². The summed E-state index contributed by atoms with van der Waals surface area (Å²) in [5.41, 5.74) is 2.27. The van der Waals surface area contributed by atoms with Crippen molar-refractivity contribution < 1.29 is 0 Å². The van der Waals surface area contributed by atoms with Gasteiger partial charge in [-0.2, -0.15) is 5.10 Å². The fraction of sp³-hybridized carbons (Fsp3) is 0.417. The van der Waals surface area contributed by atoms with Crippen molar-refractivity contribution >= 4 is 16.6 Å². The number of nitrogens with zero attached hydrogens (tertiary/aromatic N) is 1. The first-order valence-electron chi connectivity index (χ1n) is 5.83. The maximum Gasteiger partial charge on any atom is 0.0671 e. The molecular weight excluding hydrogens is 200 g/mol. The third-order valence-corrected chi connectivity index (χ3v) is 3.14. The smallest absolute Gasteiger partial charge is 0.0671 e. The zero-order valence-electron chi connectivity index (χ0n) is 9.16. The van der Waals surface area contributed by atoms with Gasteiger partial charge in [-0.25, -0.2) is 0 Å². The molecule has 3 rings (SSSR count). The summed E-state index contributed by atoms with van der Waals surface area (Å²) in [5.74, 6) is 0. The molecule has 1 aromatic carbocycles. The van der Waals surface area contributed by atoms with Gasteiger partial charge in [-0.15, -0.1) is 0 Å². The first kappa shape index (κ1) is 9.66. The number of aromatic amines is 1. The largest absolute Gasteiger partial charge is 0.380 e. The summed E-state index contributed by atoms with van der Waals surface area (Å²) in [6.07, 6.45) is 4.37. The number of benzene rings is 1. The lowest BCUT2D eigenvalue weighted by Gasteiger charge is -2.25. The molecule has 4 nitrogen and oxygen atoms in total. The Kier molecular flexibility index (Phi) is 2.50. The van der Waals surface area contributed by atoms with Crippen LogP contribution in [0.2, 0.25) is 0 Å². The highest BCUT2D eigenvalue weighted by atomic mass is 15.1. The Morgan fingerprint density at radius 2 is 2.38 bits per heavy atom. The minimum Gasteiger partial charge on any atom is -0.380 e. The van der Waals surface area contributed by atoms with Crippen LogP contribution in [-0.4, -0.2) is 29.3 Å². The normalized spacial score (nSPS) is 21.1. The highest BCUT2D eigenvalue weighted by Gasteiger charge is 2.13. The third kappa shape index (κ3) is 1.76. The number of piperidine rings is 1. The first-order valence-corrected chi connectivity index (χ1v) is 5.83. The Morgan fingerprint density at radius 1 is 1.38 bits per heavy atom. The second kappa shape index (κ2) is 4.14. The lowest BCUT2D eigenvalue weighted by molar-refractivity contribution is 0.480. The molecule has 1 aliphatic heterocycles. The topological polar surface area (TPSA) is 52.7 Å². The second-order valence-electron chi connectivity index (χ2n) is 4.32. The molecule has 1 fully saturated rings. The van der Waals surface area contributed by atoms with Gasteiger partial charge in [-0.05, 0) is 31.5 Å². The van der Waals surface area contributed by atoms with Gasteiger partial charge < -0.3 is 10.6 Å². The van der Waals surface area contributed by atoms with Crippen molar-refractivity contribution in [1.29, 1.82) is 0 Å². The number of fused-ring (bicyclic) bond motifs is 1. The molecule has 84 valence electrons. The molecule has 1 atom stereocenters. The van der Waals surface area contributed by atoms with Crippen molar-refractivity contribution in [3.8, 4) is 0 Å². The summed E-state index contributed by atoms with van der Waals surface area (Å²) in [4.78, 5) is 0. The molecule has 1 aromatic heterocycles. The Labute approximate surface area is 94.4 Å². The predicted molar refractivity (Wildman–Crippen MR) is 65.6 cm³/mol. The SMILES string of the molecule is c1cc(NC2CCCNC2)c2cn[nH]c2c1. The van der Waals surface area contributed by atoms with Crippen LogP contribution in [0.15, 0.2) is 24.4 Å². The average Bonchev–Trinajstić information content (AvgIpc) is 2.80. The summed E-state index contributed by atoms with van der Waals surface area (Å²) in [6, 6.07) is 6.76. The highest BCUT2D eigenvalue weighted by molar-refractivity contribution is 5.90. The maximum atomic E-state index is 4.07. The van der Waals surface area contributed by atoms with Crippen molar-refractivity contribution in [3.05, 3.63) is 24.4 Å². The molecule has 1 saturated heterocycles. The number of hydrogen-bond donors (Lipinski definition) is 3. The van der Waals surface area contributed by atoms with Gasteiger partial charge in [0.15, 0.2) is 0 Å². The molecule has 0 aliphatic carbocycles. The third-order valence-electron chi connectivity index (χ3n) is 3.14. The van der Waals surface area contributed by atoms with E-state index in [4.69, 9.17) is 0 Å². The molecule has 0 radical (unpaired) electrons. The predicted octanol–water partition coefficient (Wildman–Crippen LogP) is 1.73. The summed E-state index contributed by atoms with van der Waals surface area (Å²) < 4.78 is 0. The fourth-order valence-corrected chi connectivity index (χ4v) is 2.29. The van der Waals surface area contributed by atoms with Gasteiger partial charge in [-0.1, -0.05) is 6.07 Å². The van der Waals surface area contributed by atoms with E-state index in [0.29, 0.717) is 6.04 Å². The summed E-state index contributed by atoms with van der Waals surface area (Å²) in [7, 11) is 0. The van der Waals surface area contributed by atoms with Gasteiger partial charge in [0.05, 0.1) is 11.7 Å². The van der Waals surface area contributed by atoms with Crippen molar-refractivity contribution in [1.82, 2.24) is 15.5 Å². The molecule has 3 N–H and O–H groups in total. The van der Waals surface area contributed by atoms with Crippen molar-refractivity contribution in [2.45, 2.75) is 18.9 Å². The zero-order valence-corrected chi connectivity index (χ0v) is 9.16. The van der Waals surface area contributed by atoms with Gasteiger partial charge in [0, 0.05) is 23.7 Å². The number of rotatable bonds is 2. The molecule has 0 spiro atoms. The number of nitrogens with one attached hydrogen (secondary N) is 3. The van der Waals surface area contributed by atoms with E-state index in [0.717, 1.165) is 18.6 Å². The second-order valence-corrected chi connectivity index (χ2v) is 4.32. The number of hydrogen-bond acceptors (Lipinski definition) is 3. The van der Waals surface area contributed by atoms with Crippen LogP contribution in [0.1, 0.15) is 12.8 Å². The summed E-state index contributed by atoms with van der Waals surface area (Å²) >= 11 is 0. The van der Waals surface area contributed by atoms with Gasteiger partial charge in [-0.3, -0.25) is 5.10 Å². The van der Waals surface area contributed by atoms with E-state index in [-0.39, 0.29) is 0 Å². The molecule has 0 bridgehead atoms. The lowest BCUT2D eigenvalue weighted by Crippen LogP contribution is -2.38. The molecule has 1 aliphatic rings. The Hall–Kier alpha value is -1.55. The molecule has 2 heterocycles. The van der Waals surface area contributed by atoms with Crippen LogP contribution in [0.4, 0.5) is 5.69 Å². The molecule has 0 amide bonds. The van der Waals surface area contributed by atoms with Crippen LogP contribution < -0.4 is 10.6 Å².